The molecule has 0 aliphatic heterocycles. The first-order valence-electron chi connectivity index (χ1n) is 5.87. The van der Waals surface area contributed by atoms with Crippen molar-refractivity contribution in [2.45, 2.75) is 12.5 Å². The van der Waals surface area contributed by atoms with Crippen LogP contribution in [0.2, 0.25) is 0 Å². The van der Waals surface area contributed by atoms with Gasteiger partial charge in [-0.15, -0.1) is 0 Å². The van der Waals surface area contributed by atoms with Gasteiger partial charge < -0.3 is 21.0 Å². The van der Waals surface area contributed by atoms with Gasteiger partial charge in [0.25, 0.3) is 0 Å². The maximum atomic E-state index is 11.8. The number of rotatable bonds is 5. The van der Waals surface area contributed by atoms with Crippen LogP contribution >= 0.6 is 11.8 Å². The van der Waals surface area contributed by atoms with Gasteiger partial charge in [0.2, 0.25) is 5.91 Å². The van der Waals surface area contributed by atoms with E-state index in [1.54, 1.807) is 30.0 Å². The first-order valence-corrected chi connectivity index (χ1v) is 7.27. The van der Waals surface area contributed by atoms with Crippen LogP contribution in [0.1, 0.15) is 6.42 Å². The Balaban J connectivity index is 2.08. The molecule has 0 fully saturated rings. The predicted molar refractivity (Wildman–Crippen MR) is 78.5 cm³/mol. The summed E-state index contributed by atoms with van der Waals surface area (Å²) in [5.74, 6) is 0.630. The number of hydrogen-bond acceptors (Lipinski definition) is 4. The number of fused-ring (bicyclic) bond motifs is 1. The topological polar surface area (TPSA) is 104 Å². The van der Waals surface area contributed by atoms with E-state index in [-0.39, 0.29) is 11.6 Å². The van der Waals surface area contributed by atoms with Gasteiger partial charge in [-0.25, -0.2) is 4.79 Å². The minimum Gasteiger partial charge on any atom is -0.325 e. The number of H-pyrrole nitrogens is 2. The highest BCUT2D eigenvalue weighted by Gasteiger charge is 2.13. The summed E-state index contributed by atoms with van der Waals surface area (Å²) in [6, 6.07) is 4.64. The highest BCUT2D eigenvalue weighted by Crippen LogP contribution is 2.14. The Morgan fingerprint density at radius 2 is 2.16 bits per heavy atom. The first kappa shape index (κ1) is 13.7. The van der Waals surface area contributed by atoms with Gasteiger partial charge in [0.05, 0.1) is 17.1 Å². The second-order valence-corrected chi connectivity index (χ2v) is 5.20. The average molecular weight is 280 g/mol. The highest BCUT2D eigenvalue weighted by atomic mass is 32.2. The van der Waals surface area contributed by atoms with E-state index >= 15 is 0 Å². The third-order valence-electron chi connectivity index (χ3n) is 2.75. The van der Waals surface area contributed by atoms with Crippen molar-refractivity contribution in [2.75, 3.05) is 17.3 Å². The Morgan fingerprint density at radius 3 is 2.89 bits per heavy atom. The van der Waals surface area contributed by atoms with Crippen LogP contribution in [0.4, 0.5) is 5.69 Å². The quantitative estimate of drug-likeness (QED) is 0.652. The summed E-state index contributed by atoms with van der Waals surface area (Å²) < 4.78 is 0. The van der Waals surface area contributed by atoms with E-state index < -0.39 is 6.04 Å². The number of amides is 1. The van der Waals surface area contributed by atoms with Crippen LogP contribution in [-0.2, 0) is 4.79 Å². The average Bonchev–Trinajstić information content (AvgIpc) is 2.75. The van der Waals surface area contributed by atoms with Crippen LogP contribution in [0.3, 0.4) is 0 Å². The van der Waals surface area contributed by atoms with E-state index in [1.807, 2.05) is 6.26 Å². The largest absolute Gasteiger partial charge is 0.325 e. The van der Waals surface area contributed by atoms with Crippen molar-refractivity contribution in [3.63, 3.8) is 0 Å². The van der Waals surface area contributed by atoms with Gasteiger partial charge in [-0.05, 0) is 36.6 Å². The zero-order valence-electron chi connectivity index (χ0n) is 10.5. The number of anilines is 1. The zero-order chi connectivity index (χ0) is 13.8. The SMILES string of the molecule is CSCC[C@@H](N)C(=O)Nc1ccc2[nH]c(=O)[nH]c2c1. The molecule has 1 amide bonds. The van der Waals surface area contributed by atoms with E-state index in [9.17, 15) is 9.59 Å². The molecule has 0 aliphatic rings. The second-order valence-electron chi connectivity index (χ2n) is 4.22. The molecule has 0 saturated carbocycles. The van der Waals surface area contributed by atoms with Crippen molar-refractivity contribution in [1.29, 1.82) is 0 Å². The lowest BCUT2D eigenvalue weighted by Crippen LogP contribution is -2.36. The molecular weight excluding hydrogens is 264 g/mol. The fourth-order valence-corrected chi connectivity index (χ4v) is 2.21. The lowest BCUT2D eigenvalue weighted by Gasteiger charge is -2.11. The molecule has 7 heteroatoms. The van der Waals surface area contributed by atoms with Gasteiger partial charge in [-0.2, -0.15) is 11.8 Å². The standard InChI is InChI=1S/C12H16N4O2S/c1-19-5-4-8(13)11(17)14-7-2-3-9-10(6-7)16-12(18)15-9/h2-3,6,8H,4-5,13H2,1H3,(H,14,17)(H2,15,16,18)/t8-/m1/s1. The number of imidazole rings is 1. The Kier molecular flexibility index (Phi) is 4.28. The van der Waals surface area contributed by atoms with E-state index in [2.05, 4.69) is 15.3 Å². The first-order chi connectivity index (χ1) is 9.10. The fraction of sp³-hybridized carbons (Fsp3) is 0.333. The van der Waals surface area contributed by atoms with Gasteiger partial charge in [-0.1, -0.05) is 0 Å². The highest BCUT2D eigenvalue weighted by molar-refractivity contribution is 7.98. The molecule has 1 atom stereocenters. The molecule has 0 spiro atoms. The van der Waals surface area contributed by atoms with Crippen molar-refractivity contribution >= 4 is 34.4 Å². The van der Waals surface area contributed by atoms with Crippen molar-refractivity contribution in [1.82, 2.24) is 9.97 Å². The number of carbonyl (C=O) groups excluding carboxylic acids is 1. The number of nitrogens with one attached hydrogen (secondary N) is 3. The van der Waals surface area contributed by atoms with E-state index in [0.29, 0.717) is 23.1 Å². The third-order valence-corrected chi connectivity index (χ3v) is 3.40. The van der Waals surface area contributed by atoms with Gasteiger partial charge in [0, 0.05) is 5.69 Å². The summed E-state index contributed by atoms with van der Waals surface area (Å²) in [5.41, 5.74) is 7.48. The van der Waals surface area contributed by atoms with Crippen molar-refractivity contribution in [2.24, 2.45) is 5.73 Å². The second kappa shape index (κ2) is 5.94. The monoisotopic (exact) mass is 280 g/mol. The number of thioether (sulfide) groups is 1. The summed E-state index contributed by atoms with van der Waals surface area (Å²) in [4.78, 5) is 28.2. The smallest absolute Gasteiger partial charge is 0.323 e. The van der Waals surface area contributed by atoms with Crippen LogP contribution in [0.5, 0.6) is 0 Å². The molecule has 1 aromatic carbocycles. The van der Waals surface area contributed by atoms with Crippen LogP contribution in [-0.4, -0.2) is 33.9 Å². The normalized spacial score (nSPS) is 12.5. The molecule has 2 aromatic rings. The summed E-state index contributed by atoms with van der Waals surface area (Å²) in [5, 5.41) is 2.74. The molecule has 6 nitrogen and oxygen atoms in total. The lowest BCUT2D eigenvalue weighted by atomic mass is 10.2. The maximum Gasteiger partial charge on any atom is 0.323 e. The number of hydrogen-bond donors (Lipinski definition) is 4. The van der Waals surface area contributed by atoms with Crippen LogP contribution < -0.4 is 16.7 Å². The molecule has 0 saturated heterocycles. The van der Waals surface area contributed by atoms with Crippen LogP contribution in [0, 0.1) is 0 Å². The molecule has 2 rings (SSSR count). The minimum absolute atomic E-state index is 0.216. The van der Waals surface area contributed by atoms with Crippen LogP contribution in [0.25, 0.3) is 11.0 Å². The van der Waals surface area contributed by atoms with Gasteiger partial charge in [-0.3, -0.25) is 4.79 Å². The molecule has 1 heterocycles. The maximum absolute atomic E-state index is 11.8. The third kappa shape index (κ3) is 3.39. The van der Waals surface area contributed by atoms with E-state index in [4.69, 9.17) is 5.73 Å². The fourth-order valence-electron chi connectivity index (χ4n) is 1.72. The molecule has 0 bridgehead atoms. The van der Waals surface area contributed by atoms with Crippen molar-refractivity contribution in [3.8, 4) is 0 Å². The van der Waals surface area contributed by atoms with E-state index in [1.165, 1.54) is 0 Å². The predicted octanol–water partition coefficient (Wildman–Crippen LogP) is 0.875. The lowest BCUT2D eigenvalue weighted by molar-refractivity contribution is -0.117. The number of benzene rings is 1. The Bertz CT molecular complexity index is 634. The Hall–Kier alpha value is -1.73. The number of aromatic amines is 2. The number of carbonyl (C=O) groups is 1. The van der Waals surface area contributed by atoms with Crippen molar-refractivity contribution in [3.05, 3.63) is 28.7 Å². The Labute approximate surface area is 114 Å². The molecule has 19 heavy (non-hydrogen) atoms. The summed E-state index contributed by atoms with van der Waals surface area (Å²) in [6.45, 7) is 0. The molecular formula is C12H16N4O2S. The number of aromatic nitrogens is 2. The Morgan fingerprint density at radius 1 is 1.42 bits per heavy atom. The minimum atomic E-state index is -0.520. The summed E-state index contributed by atoms with van der Waals surface area (Å²) in [7, 11) is 0. The number of nitrogens with two attached hydrogens (primary N) is 1. The summed E-state index contributed by atoms with van der Waals surface area (Å²) in [6.07, 6.45) is 2.61. The molecule has 0 radical (unpaired) electrons. The van der Waals surface area contributed by atoms with Crippen molar-refractivity contribution < 1.29 is 4.79 Å². The van der Waals surface area contributed by atoms with Crippen LogP contribution in [0.15, 0.2) is 23.0 Å². The molecule has 102 valence electrons. The van der Waals surface area contributed by atoms with Gasteiger partial charge >= 0.3 is 5.69 Å². The zero-order valence-corrected chi connectivity index (χ0v) is 11.3. The van der Waals surface area contributed by atoms with Gasteiger partial charge in [0.15, 0.2) is 0 Å². The molecule has 0 aliphatic carbocycles. The molecule has 0 unspecified atom stereocenters. The molecule has 5 N–H and O–H groups in total. The summed E-state index contributed by atoms with van der Waals surface area (Å²) >= 11 is 1.65. The van der Waals surface area contributed by atoms with E-state index in [0.717, 1.165) is 5.75 Å². The molecule has 1 aromatic heterocycles. The van der Waals surface area contributed by atoms with Gasteiger partial charge in [0.1, 0.15) is 0 Å².